The van der Waals surface area contributed by atoms with Gasteiger partial charge in [0.05, 0.1) is 11.6 Å². The molecule has 3 aromatic rings. The van der Waals surface area contributed by atoms with Crippen LogP contribution in [0, 0.1) is 18.3 Å². The van der Waals surface area contributed by atoms with Crippen molar-refractivity contribution < 1.29 is 9.32 Å². The van der Waals surface area contributed by atoms with Gasteiger partial charge in [-0.1, -0.05) is 17.3 Å². The van der Waals surface area contributed by atoms with Gasteiger partial charge in [-0.25, -0.2) is 4.79 Å². The van der Waals surface area contributed by atoms with Crippen molar-refractivity contribution >= 4 is 17.4 Å². The van der Waals surface area contributed by atoms with Crippen molar-refractivity contribution in [1.82, 2.24) is 10.1 Å². The Kier molecular flexibility index (Phi) is 4.21. The molecular weight excluding hydrogens is 306 g/mol. The molecule has 0 fully saturated rings. The first-order chi connectivity index (χ1) is 11.6. The average molecular weight is 319 g/mol. The number of rotatable bonds is 3. The van der Waals surface area contributed by atoms with Crippen LogP contribution < -0.4 is 10.6 Å². The van der Waals surface area contributed by atoms with Crippen LogP contribution in [0.3, 0.4) is 0 Å². The number of anilines is 2. The first-order valence-electron chi connectivity index (χ1n) is 7.13. The molecule has 0 unspecified atom stereocenters. The molecule has 0 atom stereocenters. The quantitative estimate of drug-likeness (QED) is 0.768. The molecule has 0 saturated carbocycles. The number of urea groups is 1. The van der Waals surface area contributed by atoms with E-state index in [1.807, 2.05) is 12.1 Å². The van der Waals surface area contributed by atoms with E-state index in [0.29, 0.717) is 28.7 Å². The van der Waals surface area contributed by atoms with Crippen molar-refractivity contribution in [2.24, 2.45) is 0 Å². The van der Waals surface area contributed by atoms with E-state index in [9.17, 15) is 4.79 Å². The number of aryl methyl sites for hydroxylation is 1. The summed E-state index contributed by atoms with van der Waals surface area (Å²) in [6, 6.07) is 15.4. The zero-order chi connectivity index (χ0) is 16.9. The lowest BCUT2D eigenvalue weighted by molar-refractivity contribution is 0.262. The molecule has 1 aromatic heterocycles. The molecule has 118 valence electrons. The number of carbonyl (C=O) groups excluding carboxylic acids is 1. The zero-order valence-corrected chi connectivity index (χ0v) is 12.8. The van der Waals surface area contributed by atoms with Gasteiger partial charge >= 0.3 is 6.03 Å². The molecular formula is C17H13N5O2. The highest BCUT2D eigenvalue weighted by molar-refractivity contribution is 6.00. The molecule has 24 heavy (non-hydrogen) atoms. The normalized spacial score (nSPS) is 10.0. The lowest BCUT2D eigenvalue weighted by atomic mass is 10.2. The van der Waals surface area contributed by atoms with Gasteiger partial charge in [-0.05, 0) is 36.4 Å². The van der Waals surface area contributed by atoms with Crippen molar-refractivity contribution in [3.63, 3.8) is 0 Å². The number of nitrogens with zero attached hydrogens (tertiary/aromatic N) is 3. The third kappa shape index (κ3) is 3.56. The van der Waals surface area contributed by atoms with Gasteiger partial charge in [-0.3, -0.25) is 0 Å². The third-order valence-electron chi connectivity index (χ3n) is 3.18. The smallest absolute Gasteiger partial charge is 0.323 e. The second kappa shape index (κ2) is 6.62. The zero-order valence-electron chi connectivity index (χ0n) is 12.8. The molecule has 0 aliphatic heterocycles. The molecule has 2 amide bonds. The number of carbonyl (C=O) groups is 1. The van der Waals surface area contributed by atoms with E-state index in [2.05, 4.69) is 20.8 Å². The number of benzene rings is 2. The maximum Gasteiger partial charge on any atom is 0.323 e. The number of hydrogen-bond donors (Lipinski definition) is 2. The highest BCUT2D eigenvalue weighted by Crippen LogP contribution is 2.20. The molecule has 0 radical (unpaired) electrons. The topological polar surface area (TPSA) is 104 Å². The van der Waals surface area contributed by atoms with Crippen molar-refractivity contribution in [2.45, 2.75) is 6.92 Å². The molecule has 0 aliphatic carbocycles. The maximum atomic E-state index is 12.1. The molecule has 0 bridgehead atoms. The number of nitriles is 1. The minimum atomic E-state index is -0.388. The predicted molar refractivity (Wildman–Crippen MR) is 88.3 cm³/mol. The Balaban J connectivity index is 1.69. The lowest BCUT2D eigenvalue weighted by Gasteiger charge is -2.08. The Hall–Kier alpha value is -3.66. The van der Waals surface area contributed by atoms with Crippen LogP contribution in [0.15, 0.2) is 53.1 Å². The van der Waals surface area contributed by atoms with Crippen LogP contribution in [0.4, 0.5) is 16.2 Å². The summed E-state index contributed by atoms with van der Waals surface area (Å²) in [6.45, 7) is 1.71. The van der Waals surface area contributed by atoms with Gasteiger partial charge in [0.25, 0.3) is 0 Å². The van der Waals surface area contributed by atoms with E-state index >= 15 is 0 Å². The molecule has 1 heterocycles. The summed E-state index contributed by atoms with van der Waals surface area (Å²) in [5.41, 5.74) is 2.46. The standard InChI is InChI=1S/C17H13N5O2/c1-11-19-16(22-24-11)13-3-2-4-15(9-13)21-17(23)20-14-7-5-12(10-18)6-8-14/h2-9H,1H3,(H2,20,21,23). The van der Waals surface area contributed by atoms with Crippen LogP contribution >= 0.6 is 0 Å². The second-order valence-electron chi connectivity index (χ2n) is 4.99. The Labute approximate surface area is 137 Å². The molecule has 2 N–H and O–H groups in total. The summed E-state index contributed by atoms with van der Waals surface area (Å²) in [6.07, 6.45) is 0. The fourth-order valence-corrected chi connectivity index (χ4v) is 2.07. The van der Waals surface area contributed by atoms with E-state index < -0.39 is 0 Å². The number of aromatic nitrogens is 2. The number of hydrogen-bond acceptors (Lipinski definition) is 5. The fraction of sp³-hybridized carbons (Fsp3) is 0.0588. The van der Waals surface area contributed by atoms with Crippen molar-refractivity contribution in [1.29, 1.82) is 5.26 Å². The van der Waals surface area contributed by atoms with Crippen LogP contribution in [-0.2, 0) is 0 Å². The molecule has 7 heteroatoms. The summed E-state index contributed by atoms with van der Waals surface area (Å²) >= 11 is 0. The molecule has 3 rings (SSSR count). The fourth-order valence-electron chi connectivity index (χ4n) is 2.07. The van der Waals surface area contributed by atoms with Crippen molar-refractivity contribution in [2.75, 3.05) is 10.6 Å². The van der Waals surface area contributed by atoms with Crippen LogP contribution in [-0.4, -0.2) is 16.2 Å². The molecule has 7 nitrogen and oxygen atoms in total. The van der Waals surface area contributed by atoms with Gasteiger partial charge in [0.2, 0.25) is 11.7 Å². The van der Waals surface area contributed by atoms with Gasteiger partial charge < -0.3 is 15.2 Å². The molecule has 2 aromatic carbocycles. The number of nitrogens with one attached hydrogen (secondary N) is 2. The van der Waals surface area contributed by atoms with E-state index in [1.165, 1.54) is 0 Å². The Bertz CT molecular complexity index is 909. The van der Waals surface area contributed by atoms with Crippen LogP contribution in [0.5, 0.6) is 0 Å². The summed E-state index contributed by atoms with van der Waals surface area (Å²) < 4.78 is 4.95. The summed E-state index contributed by atoms with van der Waals surface area (Å²) in [4.78, 5) is 16.2. The summed E-state index contributed by atoms with van der Waals surface area (Å²) in [5.74, 6) is 0.936. The maximum absolute atomic E-state index is 12.1. The van der Waals surface area contributed by atoms with Gasteiger partial charge in [0.1, 0.15) is 0 Å². The van der Waals surface area contributed by atoms with Crippen LogP contribution in [0.1, 0.15) is 11.5 Å². The van der Waals surface area contributed by atoms with E-state index in [1.54, 1.807) is 49.4 Å². The molecule has 0 saturated heterocycles. The largest absolute Gasteiger partial charge is 0.339 e. The lowest BCUT2D eigenvalue weighted by Crippen LogP contribution is -2.19. The van der Waals surface area contributed by atoms with E-state index in [0.717, 1.165) is 5.56 Å². The van der Waals surface area contributed by atoms with Crippen LogP contribution in [0.2, 0.25) is 0 Å². The van der Waals surface area contributed by atoms with E-state index in [-0.39, 0.29) is 6.03 Å². The number of amides is 2. The first kappa shape index (κ1) is 15.2. The Morgan fingerprint density at radius 2 is 1.88 bits per heavy atom. The van der Waals surface area contributed by atoms with Crippen molar-refractivity contribution in [3.8, 4) is 17.5 Å². The SMILES string of the molecule is Cc1nc(-c2cccc(NC(=O)Nc3ccc(C#N)cc3)c2)no1. The molecule has 0 spiro atoms. The third-order valence-corrected chi connectivity index (χ3v) is 3.18. The Morgan fingerprint density at radius 3 is 2.54 bits per heavy atom. The highest BCUT2D eigenvalue weighted by Gasteiger charge is 2.08. The monoisotopic (exact) mass is 319 g/mol. The first-order valence-corrected chi connectivity index (χ1v) is 7.13. The Morgan fingerprint density at radius 1 is 1.12 bits per heavy atom. The average Bonchev–Trinajstić information content (AvgIpc) is 3.02. The van der Waals surface area contributed by atoms with Gasteiger partial charge in [-0.15, -0.1) is 0 Å². The highest BCUT2D eigenvalue weighted by atomic mass is 16.5. The summed E-state index contributed by atoms with van der Waals surface area (Å²) in [5, 5.41) is 18.0. The molecule has 0 aliphatic rings. The summed E-state index contributed by atoms with van der Waals surface area (Å²) in [7, 11) is 0. The van der Waals surface area contributed by atoms with Crippen molar-refractivity contribution in [3.05, 3.63) is 60.0 Å². The van der Waals surface area contributed by atoms with Gasteiger partial charge in [0.15, 0.2) is 0 Å². The van der Waals surface area contributed by atoms with Crippen LogP contribution in [0.25, 0.3) is 11.4 Å². The minimum Gasteiger partial charge on any atom is -0.339 e. The predicted octanol–water partition coefficient (Wildman–Crippen LogP) is 3.56. The minimum absolute atomic E-state index is 0.388. The van der Waals surface area contributed by atoms with E-state index in [4.69, 9.17) is 9.78 Å². The van der Waals surface area contributed by atoms with Gasteiger partial charge in [0, 0.05) is 23.9 Å². The van der Waals surface area contributed by atoms with Gasteiger partial charge in [-0.2, -0.15) is 10.2 Å². The second-order valence-corrected chi connectivity index (χ2v) is 4.99.